The van der Waals surface area contributed by atoms with E-state index >= 15 is 0 Å². The van der Waals surface area contributed by atoms with Crippen molar-refractivity contribution in [1.82, 2.24) is 9.78 Å². The highest BCUT2D eigenvalue weighted by atomic mass is 19.1. The maximum Gasteiger partial charge on any atom is 0.274 e. The highest BCUT2D eigenvalue weighted by Crippen LogP contribution is 2.33. The standard InChI is InChI=1S/C27H23FN4O3/c1-31-27(35)20-7-3-2-6-19(20)23(30-31)16-25(33)32-15-5-8-21-22(9-4-10-24(21)32)29-26(34)17-11-13-18(28)14-12-17/h2-4,6-7,9-14H,5,8,15-16H2,1H3,(H,29,34). The summed E-state index contributed by atoms with van der Waals surface area (Å²) in [4.78, 5) is 40.3. The lowest BCUT2D eigenvalue weighted by molar-refractivity contribution is -0.118. The predicted molar refractivity (Wildman–Crippen MR) is 132 cm³/mol. The number of aryl methyl sites for hydroxylation is 1. The molecular formula is C27H23FN4O3. The SMILES string of the molecule is Cn1nc(CC(=O)N2CCCc3c(NC(=O)c4ccc(F)cc4)cccc32)c2ccccc2c1=O. The van der Waals surface area contributed by atoms with Crippen LogP contribution in [-0.4, -0.2) is 28.1 Å². The van der Waals surface area contributed by atoms with Gasteiger partial charge in [0, 0.05) is 35.9 Å². The van der Waals surface area contributed by atoms with E-state index in [9.17, 15) is 18.8 Å². The molecule has 1 aliphatic heterocycles. The lowest BCUT2D eigenvalue weighted by Crippen LogP contribution is -2.37. The molecule has 35 heavy (non-hydrogen) atoms. The zero-order chi connectivity index (χ0) is 24.5. The molecule has 8 heteroatoms. The molecule has 0 atom stereocenters. The number of aromatic nitrogens is 2. The third kappa shape index (κ3) is 4.30. The molecule has 7 nitrogen and oxygen atoms in total. The summed E-state index contributed by atoms with van der Waals surface area (Å²) in [5.74, 6) is -0.888. The topological polar surface area (TPSA) is 84.3 Å². The van der Waals surface area contributed by atoms with Crippen molar-refractivity contribution in [3.05, 3.63) is 99.7 Å². The van der Waals surface area contributed by atoms with E-state index in [1.807, 2.05) is 12.1 Å². The lowest BCUT2D eigenvalue weighted by Gasteiger charge is -2.31. The monoisotopic (exact) mass is 470 g/mol. The summed E-state index contributed by atoms with van der Waals surface area (Å²) < 4.78 is 14.5. The zero-order valence-electron chi connectivity index (χ0n) is 19.1. The number of carbonyl (C=O) groups is 2. The highest BCUT2D eigenvalue weighted by Gasteiger charge is 2.26. The van der Waals surface area contributed by atoms with Crippen LogP contribution in [0.4, 0.5) is 15.8 Å². The fourth-order valence-corrected chi connectivity index (χ4v) is 4.54. The zero-order valence-corrected chi connectivity index (χ0v) is 19.1. The Bertz CT molecular complexity index is 1510. The first-order chi connectivity index (χ1) is 16.9. The lowest BCUT2D eigenvalue weighted by atomic mass is 9.98. The van der Waals surface area contributed by atoms with Crippen molar-refractivity contribution in [1.29, 1.82) is 0 Å². The van der Waals surface area contributed by atoms with Gasteiger partial charge in [0.1, 0.15) is 5.82 Å². The Labute approximate surface area is 200 Å². The molecule has 0 aliphatic carbocycles. The molecule has 2 heterocycles. The molecule has 1 aliphatic rings. The van der Waals surface area contributed by atoms with Gasteiger partial charge in [0.15, 0.2) is 0 Å². The Morgan fingerprint density at radius 2 is 1.74 bits per heavy atom. The Hall–Kier alpha value is -4.33. The van der Waals surface area contributed by atoms with Gasteiger partial charge in [-0.15, -0.1) is 0 Å². The second-order valence-corrected chi connectivity index (χ2v) is 8.51. The molecule has 1 N–H and O–H groups in total. The number of amides is 2. The molecule has 1 aromatic heterocycles. The van der Waals surface area contributed by atoms with Crippen LogP contribution in [0.1, 0.15) is 28.0 Å². The van der Waals surface area contributed by atoms with Gasteiger partial charge in [-0.25, -0.2) is 9.07 Å². The summed E-state index contributed by atoms with van der Waals surface area (Å²) in [7, 11) is 1.58. The fraction of sp³-hybridized carbons (Fsp3) is 0.185. The van der Waals surface area contributed by atoms with Crippen molar-refractivity contribution < 1.29 is 14.0 Å². The Kier molecular flexibility index (Phi) is 5.86. The van der Waals surface area contributed by atoms with Crippen LogP contribution < -0.4 is 15.8 Å². The fourth-order valence-electron chi connectivity index (χ4n) is 4.54. The Balaban J connectivity index is 1.43. The van der Waals surface area contributed by atoms with Crippen LogP contribution in [-0.2, 0) is 24.7 Å². The van der Waals surface area contributed by atoms with Crippen LogP contribution in [0.25, 0.3) is 10.8 Å². The van der Waals surface area contributed by atoms with Gasteiger partial charge < -0.3 is 10.2 Å². The van der Waals surface area contributed by atoms with E-state index < -0.39 is 5.82 Å². The van der Waals surface area contributed by atoms with Crippen molar-refractivity contribution in [2.45, 2.75) is 19.3 Å². The third-order valence-electron chi connectivity index (χ3n) is 6.26. The van der Waals surface area contributed by atoms with Gasteiger partial charge in [-0.1, -0.05) is 24.3 Å². The van der Waals surface area contributed by atoms with E-state index in [4.69, 9.17) is 0 Å². The van der Waals surface area contributed by atoms with Crippen LogP contribution in [0.3, 0.4) is 0 Å². The maximum absolute atomic E-state index is 13.4. The van der Waals surface area contributed by atoms with Crippen molar-refractivity contribution in [2.24, 2.45) is 7.05 Å². The largest absolute Gasteiger partial charge is 0.322 e. The van der Waals surface area contributed by atoms with Crippen LogP contribution >= 0.6 is 0 Å². The van der Waals surface area contributed by atoms with Crippen LogP contribution in [0.2, 0.25) is 0 Å². The molecule has 0 unspecified atom stereocenters. The van der Waals surface area contributed by atoms with Gasteiger partial charge in [-0.2, -0.15) is 5.10 Å². The van der Waals surface area contributed by atoms with Crippen LogP contribution in [0, 0.1) is 5.82 Å². The minimum Gasteiger partial charge on any atom is -0.322 e. The second kappa shape index (κ2) is 9.13. The number of halogens is 1. The summed E-state index contributed by atoms with van der Waals surface area (Å²) in [5, 5.41) is 8.46. The number of anilines is 2. The molecule has 3 aromatic carbocycles. The summed E-state index contributed by atoms with van der Waals surface area (Å²) in [6.07, 6.45) is 1.49. The number of hydrogen-bond donors (Lipinski definition) is 1. The molecule has 176 valence electrons. The van der Waals surface area contributed by atoms with Gasteiger partial charge in [0.05, 0.1) is 17.5 Å². The number of rotatable bonds is 4. The van der Waals surface area contributed by atoms with E-state index in [1.165, 1.54) is 28.9 Å². The average molecular weight is 471 g/mol. The molecule has 5 rings (SSSR count). The molecule has 0 spiro atoms. The molecule has 0 saturated heterocycles. The van der Waals surface area contributed by atoms with Gasteiger partial charge in [0.2, 0.25) is 5.91 Å². The van der Waals surface area contributed by atoms with E-state index in [0.29, 0.717) is 40.7 Å². The Morgan fingerprint density at radius 1 is 1.00 bits per heavy atom. The van der Waals surface area contributed by atoms with Crippen LogP contribution in [0.15, 0.2) is 71.5 Å². The number of carbonyl (C=O) groups excluding carboxylic acids is 2. The molecule has 0 bridgehead atoms. The van der Waals surface area contributed by atoms with Crippen LogP contribution in [0.5, 0.6) is 0 Å². The quantitative estimate of drug-likeness (QED) is 0.491. The third-order valence-corrected chi connectivity index (χ3v) is 6.26. The molecule has 0 radical (unpaired) electrons. The smallest absolute Gasteiger partial charge is 0.274 e. The van der Waals surface area contributed by atoms with Crippen molar-refractivity contribution in [3.8, 4) is 0 Å². The van der Waals surface area contributed by atoms with Crippen molar-refractivity contribution in [2.75, 3.05) is 16.8 Å². The average Bonchev–Trinajstić information content (AvgIpc) is 2.87. The second-order valence-electron chi connectivity index (χ2n) is 8.51. The number of benzene rings is 3. The molecule has 2 amide bonds. The van der Waals surface area contributed by atoms with Gasteiger partial charge in [0.25, 0.3) is 11.5 Å². The first kappa shape index (κ1) is 22.5. The number of nitrogens with one attached hydrogen (secondary N) is 1. The van der Waals surface area contributed by atoms with Gasteiger partial charge >= 0.3 is 0 Å². The normalized spacial score (nSPS) is 12.9. The summed E-state index contributed by atoms with van der Waals surface area (Å²) in [5.41, 5.74) is 2.93. The van der Waals surface area contributed by atoms with E-state index in [1.54, 1.807) is 42.3 Å². The minimum atomic E-state index is -0.409. The van der Waals surface area contributed by atoms with E-state index in [2.05, 4.69) is 10.4 Å². The number of nitrogens with zero attached hydrogens (tertiary/aromatic N) is 3. The Morgan fingerprint density at radius 3 is 2.51 bits per heavy atom. The van der Waals surface area contributed by atoms with E-state index in [0.717, 1.165) is 17.7 Å². The number of fused-ring (bicyclic) bond motifs is 2. The molecule has 4 aromatic rings. The summed E-state index contributed by atoms with van der Waals surface area (Å²) in [6, 6.07) is 18.0. The predicted octanol–water partition coefficient (Wildman–Crippen LogP) is 3.85. The molecule has 0 saturated carbocycles. The first-order valence-corrected chi connectivity index (χ1v) is 11.4. The molecule has 0 fully saturated rings. The minimum absolute atomic E-state index is 0.0419. The number of hydrogen-bond acceptors (Lipinski definition) is 4. The summed E-state index contributed by atoms with van der Waals surface area (Å²) >= 11 is 0. The van der Waals surface area contributed by atoms with Crippen molar-refractivity contribution >= 4 is 34.0 Å². The first-order valence-electron chi connectivity index (χ1n) is 11.4. The highest BCUT2D eigenvalue weighted by molar-refractivity contribution is 6.06. The van der Waals surface area contributed by atoms with Crippen molar-refractivity contribution in [3.63, 3.8) is 0 Å². The maximum atomic E-state index is 13.4. The summed E-state index contributed by atoms with van der Waals surface area (Å²) in [6.45, 7) is 0.547. The molecular weight excluding hydrogens is 447 g/mol. The van der Waals surface area contributed by atoms with Gasteiger partial charge in [-0.3, -0.25) is 14.4 Å². The van der Waals surface area contributed by atoms with E-state index in [-0.39, 0.29) is 23.8 Å². The van der Waals surface area contributed by atoms with Gasteiger partial charge in [-0.05, 0) is 60.9 Å².